The number of carbonyl (C=O) groups is 2. The number of amides is 2. The summed E-state index contributed by atoms with van der Waals surface area (Å²) in [5.74, 6) is -0.474. The number of hydrogen-bond donors (Lipinski definition) is 2. The van der Waals surface area contributed by atoms with E-state index in [2.05, 4.69) is 10.6 Å². The summed E-state index contributed by atoms with van der Waals surface area (Å²) in [4.78, 5) is 22.7. The Morgan fingerprint density at radius 3 is 2.56 bits per heavy atom. The van der Waals surface area contributed by atoms with Crippen LogP contribution in [0.3, 0.4) is 0 Å². The molecule has 1 rings (SSSR count). The SMILES string of the molecule is CCCC(=O)NCC(=O)Nc1ccc(Cl)cc1Cl. The van der Waals surface area contributed by atoms with Gasteiger partial charge in [0, 0.05) is 11.4 Å². The molecule has 0 spiro atoms. The van der Waals surface area contributed by atoms with Crippen molar-refractivity contribution in [1.29, 1.82) is 0 Å². The van der Waals surface area contributed by atoms with Gasteiger partial charge in [0.25, 0.3) is 0 Å². The van der Waals surface area contributed by atoms with Crippen molar-refractivity contribution in [2.24, 2.45) is 0 Å². The van der Waals surface area contributed by atoms with E-state index in [0.29, 0.717) is 22.2 Å². The number of hydrogen-bond acceptors (Lipinski definition) is 2. The molecule has 2 amide bonds. The molecule has 0 fully saturated rings. The average Bonchev–Trinajstić information content (AvgIpc) is 2.31. The van der Waals surface area contributed by atoms with Gasteiger partial charge in [0.2, 0.25) is 11.8 Å². The van der Waals surface area contributed by atoms with Gasteiger partial charge in [0.1, 0.15) is 0 Å². The standard InChI is InChI=1S/C12H14Cl2N2O2/c1-2-3-11(17)15-7-12(18)16-10-5-4-8(13)6-9(10)14/h4-6H,2-3,7H2,1H3,(H,15,17)(H,16,18). The van der Waals surface area contributed by atoms with Crippen LogP contribution in [-0.2, 0) is 9.59 Å². The highest BCUT2D eigenvalue weighted by Crippen LogP contribution is 2.25. The molecular formula is C12H14Cl2N2O2. The fraction of sp³-hybridized carbons (Fsp3) is 0.333. The second kappa shape index (κ2) is 7.24. The molecule has 0 radical (unpaired) electrons. The summed E-state index contributed by atoms with van der Waals surface area (Å²) in [6, 6.07) is 4.77. The van der Waals surface area contributed by atoms with Gasteiger partial charge in [0.05, 0.1) is 17.3 Å². The molecule has 0 aromatic heterocycles. The highest BCUT2D eigenvalue weighted by molar-refractivity contribution is 6.36. The van der Waals surface area contributed by atoms with E-state index in [9.17, 15) is 9.59 Å². The Labute approximate surface area is 116 Å². The van der Waals surface area contributed by atoms with Crippen LogP contribution in [0.5, 0.6) is 0 Å². The van der Waals surface area contributed by atoms with Crippen LogP contribution in [0, 0.1) is 0 Å². The minimum atomic E-state index is -0.330. The monoisotopic (exact) mass is 288 g/mol. The van der Waals surface area contributed by atoms with Crippen LogP contribution >= 0.6 is 23.2 Å². The van der Waals surface area contributed by atoms with E-state index >= 15 is 0 Å². The molecule has 2 N–H and O–H groups in total. The van der Waals surface area contributed by atoms with Crippen LogP contribution in [0.2, 0.25) is 10.0 Å². The normalized spacial score (nSPS) is 9.94. The molecule has 1 aromatic carbocycles. The summed E-state index contributed by atoms with van der Waals surface area (Å²) >= 11 is 11.6. The van der Waals surface area contributed by atoms with E-state index in [1.807, 2.05) is 6.92 Å². The van der Waals surface area contributed by atoms with Crippen molar-refractivity contribution in [3.8, 4) is 0 Å². The number of nitrogens with one attached hydrogen (secondary N) is 2. The Hall–Kier alpha value is -1.26. The number of benzene rings is 1. The zero-order valence-corrected chi connectivity index (χ0v) is 11.4. The first-order valence-corrected chi connectivity index (χ1v) is 6.30. The van der Waals surface area contributed by atoms with E-state index in [1.54, 1.807) is 12.1 Å². The molecule has 0 saturated carbocycles. The second-order valence-corrected chi connectivity index (χ2v) is 4.54. The van der Waals surface area contributed by atoms with Crippen molar-refractivity contribution in [2.75, 3.05) is 11.9 Å². The smallest absolute Gasteiger partial charge is 0.243 e. The largest absolute Gasteiger partial charge is 0.347 e. The molecule has 0 aliphatic rings. The van der Waals surface area contributed by atoms with Crippen molar-refractivity contribution in [1.82, 2.24) is 5.32 Å². The van der Waals surface area contributed by atoms with Crippen molar-refractivity contribution in [3.63, 3.8) is 0 Å². The summed E-state index contributed by atoms with van der Waals surface area (Å²) in [6.45, 7) is 1.82. The lowest BCUT2D eigenvalue weighted by Crippen LogP contribution is -2.32. The summed E-state index contributed by atoms with van der Waals surface area (Å²) in [7, 11) is 0. The Morgan fingerprint density at radius 1 is 1.22 bits per heavy atom. The van der Waals surface area contributed by atoms with E-state index in [-0.39, 0.29) is 18.4 Å². The lowest BCUT2D eigenvalue weighted by Gasteiger charge is -2.08. The molecular weight excluding hydrogens is 275 g/mol. The third-order valence-electron chi connectivity index (χ3n) is 2.13. The van der Waals surface area contributed by atoms with Crippen molar-refractivity contribution >= 4 is 40.7 Å². The van der Waals surface area contributed by atoms with Gasteiger partial charge in [-0.15, -0.1) is 0 Å². The molecule has 0 aliphatic heterocycles. The first-order chi connectivity index (χ1) is 8.52. The predicted octanol–water partition coefficient (Wildman–Crippen LogP) is 2.85. The second-order valence-electron chi connectivity index (χ2n) is 3.70. The van der Waals surface area contributed by atoms with Crippen LogP contribution in [0.4, 0.5) is 5.69 Å². The van der Waals surface area contributed by atoms with E-state index in [0.717, 1.165) is 6.42 Å². The fourth-order valence-corrected chi connectivity index (χ4v) is 1.74. The molecule has 0 unspecified atom stereocenters. The van der Waals surface area contributed by atoms with E-state index < -0.39 is 0 Å². The van der Waals surface area contributed by atoms with Crippen molar-refractivity contribution in [2.45, 2.75) is 19.8 Å². The van der Waals surface area contributed by atoms with Gasteiger partial charge in [-0.25, -0.2) is 0 Å². The maximum atomic E-state index is 11.5. The van der Waals surface area contributed by atoms with Crippen molar-refractivity contribution in [3.05, 3.63) is 28.2 Å². The maximum absolute atomic E-state index is 11.5. The zero-order valence-electron chi connectivity index (χ0n) is 9.93. The maximum Gasteiger partial charge on any atom is 0.243 e. The molecule has 4 nitrogen and oxygen atoms in total. The third kappa shape index (κ3) is 4.94. The van der Waals surface area contributed by atoms with Gasteiger partial charge >= 0.3 is 0 Å². The summed E-state index contributed by atoms with van der Waals surface area (Å²) < 4.78 is 0. The summed E-state index contributed by atoms with van der Waals surface area (Å²) in [6.07, 6.45) is 1.16. The van der Waals surface area contributed by atoms with E-state index in [4.69, 9.17) is 23.2 Å². The average molecular weight is 289 g/mol. The third-order valence-corrected chi connectivity index (χ3v) is 2.68. The van der Waals surface area contributed by atoms with Gasteiger partial charge < -0.3 is 10.6 Å². The van der Waals surface area contributed by atoms with Gasteiger partial charge in [0.15, 0.2) is 0 Å². The summed E-state index contributed by atoms with van der Waals surface area (Å²) in [5, 5.41) is 5.96. The fourth-order valence-electron chi connectivity index (χ4n) is 1.28. The van der Waals surface area contributed by atoms with Crippen LogP contribution < -0.4 is 10.6 Å². The Balaban J connectivity index is 2.47. The first kappa shape index (κ1) is 14.8. The molecule has 0 atom stereocenters. The number of rotatable bonds is 5. The summed E-state index contributed by atoms with van der Waals surface area (Å²) in [5.41, 5.74) is 0.468. The Bertz CT molecular complexity index is 450. The van der Waals surface area contributed by atoms with Gasteiger partial charge in [-0.2, -0.15) is 0 Å². The van der Waals surface area contributed by atoms with Gasteiger partial charge in [-0.3, -0.25) is 9.59 Å². The van der Waals surface area contributed by atoms with Crippen LogP contribution in [0.1, 0.15) is 19.8 Å². The number of carbonyl (C=O) groups excluding carboxylic acids is 2. The predicted molar refractivity (Wildman–Crippen MR) is 73.0 cm³/mol. The molecule has 18 heavy (non-hydrogen) atoms. The lowest BCUT2D eigenvalue weighted by atomic mass is 10.3. The highest BCUT2D eigenvalue weighted by atomic mass is 35.5. The molecule has 0 saturated heterocycles. The van der Waals surface area contributed by atoms with Gasteiger partial charge in [-0.1, -0.05) is 30.1 Å². The molecule has 6 heteroatoms. The minimum absolute atomic E-state index is 0.0716. The topological polar surface area (TPSA) is 58.2 Å². The Kier molecular flexibility index (Phi) is 5.95. The lowest BCUT2D eigenvalue weighted by molar-refractivity contribution is -0.124. The number of anilines is 1. The van der Waals surface area contributed by atoms with Crippen LogP contribution in [0.25, 0.3) is 0 Å². The van der Waals surface area contributed by atoms with Gasteiger partial charge in [-0.05, 0) is 24.6 Å². The van der Waals surface area contributed by atoms with E-state index in [1.165, 1.54) is 6.07 Å². The van der Waals surface area contributed by atoms with Crippen LogP contribution in [0.15, 0.2) is 18.2 Å². The minimum Gasteiger partial charge on any atom is -0.347 e. The molecule has 0 bridgehead atoms. The van der Waals surface area contributed by atoms with Crippen LogP contribution in [-0.4, -0.2) is 18.4 Å². The first-order valence-electron chi connectivity index (χ1n) is 5.54. The zero-order chi connectivity index (χ0) is 13.5. The highest BCUT2D eigenvalue weighted by Gasteiger charge is 2.07. The molecule has 0 aliphatic carbocycles. The molecule has 1 aromatic rings. The molecule has 0 heterocycles. The Morgan fingerprint density at radius 2 is 1.94 bits per heavy atom. The quantitative estimate of drug-likeness (QED) is 0.875. The molecule has 98 valence electrons. The van der Waals surface area contributed by atoms with Crippen molar-refractivity contribution < 1.29 is 9.59 Å². The number of halogens is 2.